The summed E-state index contributed by atoms with van der Waals surface area (Å²) in [6, 6.07) is 6.65. The van der Waals surface area contributed by atoms with Crippen molar-refractivity contribution in [3.05, 3.63) is 29.8 Å². The molecule has 1 N–H and O–H groups in total. The predicted octanol–water partition coefficient (Wildman–Crippen LogP) is 2.07. The number of nitrogens with zero attached hydrogens (tertiary/aromatic N) is 2. The van der Waals surface area contributed by atoms with Gasteiger partial charge in [-0.15, -0.1) is 0 Å². The normalized spacial score (nSPS) is 21.9. The van der Waals surface area contributed by atoms with Crippen LogP contribution in [0.2, 0.25) is 0 Å². The minimum absolute atomic E-state index is 0.0664. The van der Waals surface area contributed by atoms with Crippen molar-refractivity contribution >= 4 is 15.9 Å². The van der Waals surface area contributed by atoms with Crippen LogP contribution in [-0.2, 0) is 10.0 Å². The molecule has 1 aromatic carbocycles. The number of nitrogens with one attached hydrogen (secondary N) is 1. The zero-order chi connectivity index (χ0) is 18.7. The van der Waals surface area contributed by atoms with E-state index in [-0.39, 0.29) is 22.9 Å². The molecular weight excluding hydrogens is 350 g/mol. The van der Waals surface area contributed by atoms with E-state index in [1.165, 1.54) is 10.7 Å². The lowest BCUT2D eigenvalue weighted by Gasteiger charge is -2.30. The molecule has 2 fully saturated rings. The van der Waals surface area contributed by atoms with Crippen molar-refractivity contribution in [2.75, 3.05) is 27.2 Å². The van der Waals surface area contributed by atoms with Crippen LogP contribution in [0.3, 0.4) is 0 Å². The van der Waals surface area contributed by atoms with E-state index in [4.69, 9.17) is 0 Å². The summed E-state index contributed by atoms with van der Waals surface area (Å²) in [6.07, 6.45) is 6.14. The first-order valence-electron chi connectivity index (χ1n) is 9.47. The molecule has 1 aliphatic heterocycles. The number of carbonyl (C=O) groups is 1. The molecule has 26 heavy (non-hydrogen) atoms. The minimum Gasteiger partial charge on any atom is -0.337 e. The maximum absolute atomic E-state index is 12.9. The van der Waals surface area contributed by atoms with Gasteiger partial charge in [0.25, 0.3) is 5.91 Å². The molecule has 0 radical (unpaired) electrons. The molecule has 0 aromatic heterocycles. The van der Waals surface area contributed by atoms with Crippen molar-refractivity contribution in [1.29, 1.82) is 0 Å². The lowest BCUT2D eigenvalue weighted by atomic mass is 9.96. The summed E-state index contributed by atoms with van der Waals surface area (Å²) in [4.78, 5) is 14.6. The van der Waals surface area contributed by atoms with Gasteiger partial charge in [-0.25, -0.2) is 8.42 Å². The summed E-state index contributed by atoms with van der Waals surface area (Å²) in [7, 11) is -0.0396. The average Bonchev–Trinajstić information content (AvgIpc) is 3.21. The minimum atomic E-state index is -3.52. The first-order chi connectivity index (χ1) is 12.4. The molecular formula is C19H29N3O3S. The molecule has 3 rings (SSSR count). The fourth-order valence-electron chi connectivity index (χ4n) is 3.92. The van der Waals surface area contributed by atoms with Crippen LogP contribution >= 0.6 is 0 Å². The number of benzene rings is 1. The SMILES string of the molecule is CN(C(=O)c1ccc(S(=O)(=O)N(C)C2CCCCC2)cc1)C1CCNC1. The van der Waals surface area contributed by atoms with E-state index in [0.29, 0.717) is 5.56 Å². The van der Waals surface area contributed by atoms with Crippen molar-refractivity contribution in [3.8, 4) is 0 Å². The Morgan fingerprint density at radius 3 is 2.23 bits per heavy atom. The van der Waals surface area contributed by atoms with Gasteiger partial charge in [0.1, 0.15) is 0 Å². The Morgan fingerprint density at radius 2 is 1.65 bits per heavy atom. The number of carbonyl (C=O) groups excluding carboxylic acids is 1. The molecule has 1 aromatic rings. The Balaban J connectivity index is 1.72. The second kappa shape index (κ2) is 8.06. The molecule has 1 aliphatic carbocycles. The van der Waals surface area contributed by atoms with Crippen LogP contribution in [0, 0.1) is 0 Å². The highest BCUT2D eigenvalue weighted by molar-refractivity contribution is 7.89. The molecule has 6 nitrogen and oxygen atoms in total. The third kappa shape index (κ3) is 3.94. The predicted molar refractivity (Wildman–Crippen MR) is 102 cm³/mol. The van der Waals surface area contributed by atoms with E-state index >= 15 is 0 Å². The van der Waals surface area contributed by atoms with E-state index in [1.807, 2.05) is 7.05 Å². The van der Waals surface area contributed by atoms with Gasteiger partial charge in [-0.1, -0.05) is 19.3 Å². The first-order valence-corrected chi connectivity index (χ1v) is 10.9. The molecule has 7 heteroatoms. The summed E-state index contributed by atoms with van der Waals surface area (Å²) < 4.78 is 27.3. The van der Waals surface area contributed by atoms with Crippen LogP contribution in [0.15, 0.2) is 29.2 Å². The molecule has 1 atom stereocenters. The standard InChI is InChI=1S/C19H29N3O3S/c1-21(17-12-13-20-14-17)19(23)15-8-10-18(11-9-15)26(24,25)22(2)16-6-4-3-5-7-16/h8-11,16-17,20H,3-7,12-14H2,1-2H3. The van der Waals surface area contributed by atoms with E-state index < -0.39 is 10.0 Å². The van der Waals surface area contributed by atoms with Crippen molar-refractivity contribution < 1.29 is 13.2 Å². The Kier molecular flexibility index (Phi) is 5.99. The zero-order valence-electron chi connectivity index (χ0n) is 15.6. The molecule has 1 saturated carbocycles. The molecule has 0 spiro atoms. The highest BCUT2D eigenvalue weighted by Crippen LogP contribution is 2.26. The van der Waals surface area contributed by atoms with Crippen LogP contribution in [-0.4, -0.2) is 62.8 Å². The Morgan fingerprint density at radius 1 is 1.00 bits per heavy atom. The molecule has 1 heterocycles. The van der Waals surface area contributed by atoms with Crippen molar-refractivity contribution in [3.63, 3.8) is 0 Å². The zero-order valence-corrected chi connectivity index (χ0v) is 16.5. The third-order valence-electron chi connectivity index (χ3n) is 5.77. The number of sulfonamides is 1. The molecule has 1 unspecified atom stereocenters. The van der Waals surface area contributed by atoms with Gasteiger partial charge in [0.15, 0.2) is 0 Å². The third-order valence-corrected chi connectivity index (χ3v) is 7.69. The van der Waals surface area contributed by atoms with Crippen LogP contribution in [0.4, 0.5) is 0 Å². The molecule has 1 saturated heterocycles. The van der Waals surface area contributed by atoms with Crippen LogP contribution in [0.25, 0.3) is 0 Å². The van der Waals surface area contributed by atoms with Crippen LogP contribution in [0.1, 0.15) is 48.9 Å². The van der Waals surface area contributed by atoms with E-state index in [1.54, 1.807) is 36.2 Å². The number of rotatable bonds is 5. The van der Waals surface area contributed by atoms with Gasteiger partial charge in [-0.05, 0) is 50.1 Å². The topological polar surface area (TPSA) is 69.7 Å². The second-order valence-electron chi connectivity index (χ2n) is 7.40. The summed E-state index contributed by atoms with van der Waals surface area (Å²) in [6.45, 7) is 1.73. The molecule has 1 amide bonds. The van der Waals surface area contributed by atoms with Gasteiger partial charge < -0.3 is 10.2 Å². The average molecular weight is 380 g/mol. The summed E-state index contributed by atoms with van der Waals surface area (Å²) in [5.41, 5.74) is 0.527. The summed E-state index contributed by atoms with van der Waals surface area (Å²) in [5.74, 6) is -0.0664. The number of amides is 1. The quantitative estimate of drug-likeness (QED) is 0.850. The van der Waals surface area contributed by atoms with Gasteiger partial charge in [0, 0.05) is 38.3 Å². The molecule has 2 aliphatic rings. The highest BCUT2D eigenvalue weighted by Gasteiger charge is 2.29. The van der Waals surface area contributed by atoms with Gasteiger partial charge in [0.05, 0.1) is 4.90 Å². The summed E-state index contributed by atoms with van der Waals surface area (Å²) in [5, 5.41) is 3.25. The fourth-order valence-corrected chi connectivity index (χ4v) is 5.33. The van der Waals surface area contributed by atoms with Gasteiger partial charge in [0.2, 0.25) is 10.0 Å². The molecule has 144 valence electrons. The second-order valence-corrected chi connectivity index (χ2v) is 9.40. The van der Waals surface area contributed by atoms with Crippen LogP contribution in [0.5, 0.6) is 0 Å². The first kappa shape index (κ1) is 19.3. The maximum atomic E-state index is 12.9. The number of hydrogen-bond donors (Lipinski definition) is 1. The van der Waals surface area contributed by atoms with Crippen molar-refractivity contribution in [2.24, 2.45) is 0 Å². The highest BCUT2D eigenvalue weighted by atomic mass is 32.2. The van der Waals surface area contributed by atoms with Crippen molar-refractivity contribution in [1.82, 2.24) is 14.5 Å². The Bertz CT molecular complexity index is 721. The monoisotopic (exact) mass is 379 g/mol. The lowest BCUT2D eigenvalue weighted by Crippen LogP contribution is -2.39. The van der Waals surface area contributed by atoms with Gasteiger partial charge >= 0.3 is 0 Å². The van der Waals surface area contributed by atoms with Gasteiger partial charge in [-0.3, -0.25) is 4.79 Å². The van der Waals surface area contributed by atoms with Crippen LogP contribution < -0.4 is 5.32 Å². The fraction of sp³-hybridized carbons (Fsp3) is 0.632. The number of likely N-dealkylation sites (N-methyl/N-ethyl adjacent to an activating group) is 1. The Hall–Kier alpha value is -1.44. The van der Waals surface area contributed by atoms with Crippen molar-refractivity contribution in [2.45, 2.75) is 55.5 Å². The summed E-state index contributed by atoms with van der Waals surface area (Å²) >= 11 is 0. The smallest absolute Gasteiger partial charge is 0.253 e. The Labute approximate surface area is 156 Å². The van der Waals surface area contributed by atoms with E-state index in [0.717, 1.165) is 45.2 Å². The largest absolute Gasteiger partial charge is 0.337 e. The molecule has 0 bridgehead atoms. The van der Waals surface area contributed by atoms with E-state index in [2.05, 4.69) is 5.32 Å². The number of hydrogen-bond acceptors (Lipinski definition) is 4. The lowest BCUT2D eigenvalue weighted by molar-refractivity contribution is 0.0743. The maximum Gasteiger partial charge on any atom is 0.253 e. The van der Waals surface area contributed by atoms with Gasteiger partial charge in [-0.2, -0.15) is 4.31 Å². The van der Waals surface area contributed by atoms with E-state index in [9.17, 15) is 13.2 Å².